The van der Waals surface area contributed by atoms with E-state index in [9.17, 15) is 24.5 Å². The van der Waals surface area contributed by atoms with E-state index in [0.717, 1.165) is 6.92 Å². The van der Waals surface area contributed by atoms with Crippen molar-refractivity contribution in [2.45, 2.75) is 26.4 Å². The average molecular weight is 277 g/mol. The van der Waals surface area contributed by atoms with Crippen molar-refractivity contribution in [1.29, 1.82) is 0 Å². The van der Waals surface area contributed by atoms with Crippen LogP contribution in [0.1, 0.15) is 20.3 Å². The molecule has 0 rings (SSSR count). The highest BCUT2D eigenvalue weighted by Gasteiger charge is 2.17. The van der Waals surface area contributed by atoms with Crippen LogP contribution in [0.15, 0.2) is 0 Å². The van der Waals surface area contributed by atoms with Crippen LogP contribution in [0.2, 0.25) is 0 Å². The molecular weight excluding hydrogens is 262 g/mol. The molecule has 0 aliphatic heterocycles. The fourth-order valence-electron chi connectivity index (χ4n) is 1.00. The van der Waals surface area contributed by atoms with Crippen molar-refractivity contribution >= 4 is 17.9 Å². The zero-order valence-electron chi connectivity index (χ0n) is 10.6. The summed E-state index contributed by atoms with van der Waals surface area (Å²) in [6.45, 7) is 1.20. The van der Waals surface area contributed by atoms with E-state index in [1.807, 2.05) is 0 Å². The molecule has 0 amide bonds. The fourth-order valence-corrected chi connectivity index (χ4v) is 1.00. The van der Waals surface area contributed by atoms with Gasteiger partial charge in [-0.25, -0.2) is 0 Å². The summed E-state index contributed by atoms with van der Waals surface area (Å²) in [4.78, 5) is 41.9. The molecule has 19 heavy (non-hydrogen) atoms. The Hall–Kier alpha value is -2.19. The Morgan fingerprint density at radius 1 is 1.11 bits per heavy atom. The zero-order chi connectivity index (χ0) is 14.8. The molecule has 9 heteroatoms. The van der Waals surface area contributed by atoms with Crippen LogP contribution in [0.3, 0.4) is 0 Å². The minimum atomic E-state index is -0.930. The Kier molecular flexibility index (Phi) is 7.82. The van der Waals surface area contributed by atoms with Gasteiger partial charge in [-0.2, -0.15) is 0 Å². The van der Waals surface area contributed by atoms with E-state index in [1.165, 1.54) is 6.92 Å². The van der Waals surface area contributed by atoms with E-state index < -0.39 is 35.5 Å². The van der Waals surface area contributed by atoms with Crippen LogP contribution in [-0.2, 0) is 28.6 Å². The number of nitro groups is 1. The number of carbonyl (C=O) groups is 3. The minimum absolute atomic E-state index is 0.253. The summed E-state index contributed by atoms with van der Waals surface area (Å²) in [6.07, 6.45) is -1.31. The lowest BCUT2D eigenvalue weighted by Crippen LogP contribution is -2.30. The van der Waals surface area contributed by atoms with Crippen LogP contribution >= 0.6 is 0 Å². The van der Waals surface area contributed by atoms with Crippen LogP contribution < -0.4 is 0 Å². The molecule has 0 saturated heterocycles. The van der Waals surface area contributed by atoms with Crippen LogP contribution in [0, 0.1) is 10.1 Å². The SMILES string of the molecule is CC(=O)OCC(COC(=O)CC[N+](=O)[O-])OC(C)=O. The molecule has 0 aromatic carbocycles. The first kappa shape index (κ1) is 16.8. The molecule has 0 aliphatic carbocycles. The number of carbonyl (C=O) groups excluding carboxylic acids is 3. The Labute approximate surface area is 109 Å². The van der Waals surface area contributed by atoms with E-state index in [1.54, 1.807) is 0 Å². The molecular formula is C10H15NO8. The third kappa shape index (κ3) is 10.7. The smallest absolute Gasteiger partial charge is 0.312 e. The molecule has 0 bridgehead atoms. The summed E-state index contributed by atoms with van der Waals surface area (Å²) in [5.41, 5.74) is 0. The monoisotopic (exact) mass is 277 g/mol. The van der Waals surface area contributed by atoms with Crippen molar-refractivity contribution < 1.29 is 33.5 Å². The molecule has 0 heterocycles. The molecule has 0 N–H and O–H groups in total. The molecule has 9 nitrogen and oxygen atoms in total. The van der Waals surface area contributed by atoms with E-state index in [4.69, 9.17) is 4.74 Å². The van der Waals surface area contributed by atoms with Gasteiger partial charge in [0.05, 0.1) is 0 Å². The normalized spacial score (nSPS) is 11.3. The lowest BCUT2D eigenvalue weighted by atomic mass is 10.4. The van der Waals surface area contributed by atoms with Crippen LogP contribution in [-0.4, -0.2) is 48.7 Å². The maximum atomic E-state index is 11.1. The summed E-state index contributed by atoms with van der Waals surface area (Å²) in [7, 11) is 0. The number of hydrogen-bond acceptors (Lipinski definition) is 8. The lowest BCUT2D eigenvalue weighted by Gasteiger charge is -2.16. The van der Waals surface area contributed by atoms with Gasteiger partial charge in [-0.15, -0.1) is 0 Å². The maximum absolute atomic E-state index is 11.1. The second-order valence-electron chi connectivity index (χ2n) is 3.52. The highest BCUT2D eigenvalue weighted by molar-refractivity contribution is 5.69. The van der Waals surface area contributed by atoms with Gasteiger partial charge < -0.3 is 14.2 Å². The van der Waals surface area contributed by atoms with Crippen LogP contribution in [0.5, 0.6) is 0 Å². The molecule has 0 saturated carbocycles. The number of rotatable bonds is 8. The summed E-state index contributed by atoms with van der Waals surface area (Å²) in [6, 6.07) is 0. The van der Waals surface area contributed by atoms with Crippen molar-refractivity contribution in [1.82, 2.24) is 0 Å². The van der Waals surface area contributed by atoms with Gasteiger partial charge in [-0.1, -0.05) is 0 Å². The predicted molar refractivity (Wildman–Crippen MR) is 59.6 cm³/mol. The van der Waals surface area contributed by atoms with Gasteiger partial charge in [-0.05, 0) is 0 Å². The quantitative estimate of drug-likeness (QED) is 0.256. The Morgan fingerprint density at radius 3 is 2.16 bits per heavy atom. The molecule has 1 unspecified atom stereocenters. The van der Waals surface area contributed by atoms with Gasteiger partial charge in [0.25, 0.3) is 0 Å². The average Bonchev–Trinajstić information content (AvgIpc) is 2.29. The molecule has 108 valence electrons. The number of esters is 3. The Morgan fingerprint density at radius 2 is 1.68 bits per heavy atom. The highest BCUT2D eigenvalue weighted by Crippen LogP contribution is 1.98. The highest BCUT2D eigenvalue weighted by atomic mass is 16.6. The molecule has 0 aromatic rings. The molecule has 0 spiro atoms. The van der Waals surface area contributed by atoms with Gasteiger partial charge in [0.15, 0.2) is 6.10 Å². The van der Waals surface area contributed by atoms with E-state index in [0.29, 0.717) is 0 Å². The van der Waals surface area contributed by atoms with Gasteiger partial charge in [0.1, 0.15) is 19.6 Å². The molecule has 0 aromatic heterocycles. The number of ether oxygens (including phenoxy) is 3. The number of hydrogen-bond donors (Lipinski definition) is 0. The van der Waals surface area contributed by atoms with Gasteiger partial charge >= 0.3 is 17.9 Å². The first-order valence-corrected chi connectivity index (χ1v) is 5.39. The summed E-state index contributed by atoms with van der Waals surface area (Å²) in [5, 5.41) is 10.0. The topological polar surface area (TPSA) is 122 Å². The maximum Gasteiger partial charge on any atom is 0.312 e. The van der Waals surface area contributed by atoms with E-state index in [-0.39, 0.29) is 19.6 Å². The zero-order valence-corrected chi connectivity index (χ0v) is 10.6. The van der Waals surface area contributed by atoms with Crippen molar-refractivity contribution in [2.75, 3.05) is 19.8 Å². The van der Waals surface area contributed by atoms with Crippen LogP contribution in [0.4, 0.5) is 0 Å². The van der Waals surface area contributed by atoms with Crippen molar-refractivity contribution in [3.05, 3.63) is 10.1 Å². The standard InChI is InChI=1S/C10H15NO8/c1-7(12)17-5-9(19-8(2)13)6-18-10(14)3-4-11(15)16/h9H,3-6H2,1-2H3. The fraction of sp³-hybridized carbons (Fsp3) is 0.700. The van der Waals surface area contributed by atoms with Gasteiger partial charge in [0.2, 0.25) is 6.54 Å². The van der Waals surface area contributed by atoms with E-state index in [2.05, 4.69) is 9.47 Å². The predicted octanol–water partition coefficient (Wildman–Crippen LogP) is -0.309. The summed E-state index contributed by atoms with van der Waals surface area (Å²) in [5.74, 6) is -1.99. The third-order valence-corrected chi connectivity index (χ3v) is 1.73. The first-order valence-electron chi connectivity index (χ1n) is 5.39. The molecule has 0 fully saturated rings. The number of nitrogens with zero attached hydrogens (tertiary/aromatic N) is 1. The summed E-state index contributed by atoms with van der Waals surface area (Å²) >= 11 is 0. The lowest BCUT2D eigenvalue weighted by molar-refractivity contribution is -0.479. The molecule has 0 radical (unpaired) electrons. The first-order chi connectivity index (χ1) is 8.81. The van der Waals surface area contributed by atoms with Crippen LogP contribution in [0.25, 0.3) is 0 Å². The summed E-state index contributed by atoms with van der Waals surface area (Å²) < 4.78 is 14.0. The van der Waals surface area contributed by atoms with Gasteiger partial charge in [0, 0.05) is 18.8 Å². The molecule has 1 atom stereocenters. The second-order valence-corrected chi connectivity index (χ2v) is 3.52. The minimum Gasteiger partial charge on any atom is -0.462 e. The Bertz CT molecular complexity index is 353. The Balaban J connectivity index is 4.09. The largest absolute Gasteiger partial charge is 0.462 e. The van der Waals surface area contributed by atoms with E-state index >= 15 is 0 Å². The van der Waals surface area contributed by atoms with Gasteiger partial charge in [-0.3, -0.25) is 24.5 Å². The molecule has 0 aliphatic rings. The van der Waals surface area contributed by atoms with Crippen molar-refractivity contribution in [3.8, 4) is 0 Å². The third-order valence-electron chi connectivity index (χ3n) is 1.73. The van der Waals surface area contributed by atoms with Crippen molar-refractivity contribution in [2.24, 2.45) is 0 Å². The van der Waals surface area contributed by atoms with Crippen molar-refractivity contribution in [3.63, 3.8) is 0 Å². The second kappa shape index (κ2) is 8.84.